The monoisotopic (exact) mass is 401 g/mol. The molecule has 0 radical (unpaired) electrons. The zero-order valence-corrected chi connectivity index (χ0v) is 16.0. The van der Waals surface area contributed by atoms with Crippen molar-refractivity contribution in [3.05, 3.63) is 71.6 Å². The van der Waals surface area contributed by atoms with E-state index < -0.39 is 0 Å². The lowest BCUT2D eigenvalue weighted by atomic mass is 10.2. The van der Waals surface area contributed by atoms with Crippen molar-refractivity contribution in [2.45, 2.75) is 10.1 Å². The minimum Gasteiger partial charge on any atom is -0.496 e. The second kappa shape index (κ2) is 9.29. The van der Waals surface area contributed by atoms with E-state index in [1.807, 2.05) is 24.3 Å². The second-order valence-corrected chi connectivity index (χ2v) is 7.52. The molecule has 3 rings (SSSR count). The molecule has 1 amide bonds. The van der Waals surface area contributed by atoms with Crippen molar-refractivity contribution in [3.8, 4) is 5.75 Å². The summed E-state index contributed by atoms with van der Waals surface area (Å²) in [4.78, 5) is 12.1. The van der Waals surface area contributed by atoms with E-state index in [9.17, 15) is 9.18 Å². The number of halogens is 1. The third-order valence-corrected chi connectivity index (χ3v) is 5.52. The van der Waals surface area contributed by atoms with Gasteiger partial charge in [-0.2, -0.15) is 0 Å². The maximum atomic E-state index is 13.6. The van der Waals surface area contributed by atoms with Crippen molar-refractivity contribution in [2.75, 3.05) is 12.4 Å². The minimum atomic E-state index is -0.317. The Morgan fingerprint density at radius 2 is 2.00 bits per heavy atom. The number of rotatable bonds is 7. The highest BCUT2D eigenvalue weighted by molar-refractivity contribution is 8.00. The normalized spacial score (nSPS) is 10.9. The molecule has 27 heavy (non-hydrogen) atoms. The van der Waals surface area contributed by atoms with Gasteiger partial charge in [0.15, 0.2) is 4.34 Å². The van der Waals surface area contributed by atoms with Crippen LogP contribution in [0.3, 0.4) is 0 Å². The summed E-state index contributed by atoms with van der Waals surface area (Å²) < 4.78 is 19.5. The van der Waals surface area contributed by atoms with Crippen molar-refractivity contribution >= 4 is 40.2 Å². The van der Waals surface area contributed by atoms with Gasteiger partial charge in [-0.1, -0.05) is 59.5 Å². The first-order valence-electron chi connectivity index (χ1n) is 7.97. The molecular formula is C19H16FN3O2S2. The maximum absolute atomic E-state index is 13.6. The Morgan fingerprint density at radius 1 is 1.22 bits per heavy atom. The Bertz CT molecular complexity index is 959. The number of benzene rings is 2. The summed E-state index contributed by atoms with van der Waals surface area (Å²) in [5.41, 5.74) is 1.40. The highest BCUT2D eigenvalue weighted by Gasteiger charge is 2.09. The van der Waals surface area contributed by atoms with Crippen LogP contribution in [0.15, 0.2) is 58.9 Å². The summed E-state index contributed by atoms with van der Waals surface area (Å²) in [5.74, 6) is 0.569. The number of aromatic nitrogens is 2. The molecular weight excluding hydrogens is 385 g/mol. The predicted molar refractivity (Wildman–Crippen MR) is 107 cm³/mol. The van der Waals surface area contributed by atoms with Crippen molar-refractivity contribution in [3.63, 3.8) is 0 Å². The summed E-state index contributed by atoms with van der Waals surface area (Å²) in [5, 5.41) is 11.0. The zero-order chi connectivity index (χ0) is 19.1. The Hall–Kier alpha value is -2.71. The third kappa shape index (κ3) is 5.38. The molecule has 3 aromatic rings. The molecule has 0 bridgehead atoms. The number of para-hydroxylation sites is 1. The van der Waals surface area contributed by atoms with Crippen LogP contribution in [0, 0.1) is 5.82 Å². The van der Waals surface area contributed by atoms with Crippen molar-refractivity contribution in [1.29, 1.82) is 0 Å². The van der Waals surface area contributed by atoms with Crippen LogP contribution in [0.1, 0.15) is 11.1 Å². The Labute approximate surface area is 164 Å². The van der Waals surface area contributed by atoms with E-state index in [2.05, 4.69) is 15.5 Å². The number of hydrogen-bond acceptors (Lipinski definition) is 6. The molecule has 0 saturated carbocycles. The average Bonchev–Trinajstić information content (AvgIpc) is 3.13. The molecule has 8 heteroatoms. The molecule has 5 nitrogen and oxygen atoms in total. The number of methoxy groups -OCH3 is 1. The number of carbonyl (C=O) groups excluding carboxylic acids is 1. The first-order valence-corrected chi connectivity index (χ1v) is 9.77. The van der Waals surface area contributed by atoms with Crippen LogP contribution >= 0.6 is 23.1 Å². The van der Waals surface area contributed by atoms with Crippen LogP contribution in [0.2, 0.25) is 0 Å². The number of carbonyl (C=O) groups is 1. The largest absolute Gasteiger partial charge is 0.496 e. The first-order chi connectivity index (χ1) is 13.2. The SMILES string of the molecule is COc1ccccc1/C=C/C(=O)Nc1nnc(SCc2ccccc2F)s1. The van der Waals surface area contributed by atoms with E-state index in [1.54, 1.807) is 31.4 Å². The van der Waals surface area contributed by atoms with Gasteiger partial charge < -0.3 is 4.74 Å². The number of nitrogens with zero attached hydrogens (tertiary/aromatic N) is 2. The smallest absolute Gasteiger partial charge is 0.250 e. The van der Waals surface area contributed by atoms with Crippen LogP contribution in [-0.4, -0.2) is 23.2 Å². The average molecular weight is 401 g/mol. The van der Waals surface area contributed by atoms with E-state index in [1.165, 1.54) is 35.2 Å². The van der Waals surface area contributed by atoms with Gasteiger partial charge in [0.25, 0.3) is 0 Å². The van der Waals surface area contributed by atoms with Gasteiger partial charge in [0.05, 0.1) is 7.11 Å². The number of hydrogen-bond donors (Lipinski definition) is 1. The van der Waals surface area contributed by atoms with Gasteiger partial charge in [-0.05, 0) is 23.8 Å². The maximum Gasteiger partial charge on any atom is 0.250 e. The number of amides is 1. The Morgan fingerprint density at radius 3 is 2.81 bits per heavy atom. The number of ether oxygens (including phenoxy) is 1. The van der Waals surface area contributed by atoms with Crippen molar-refractivity contribution < 1.29 is 13.9 Å². The molecule has 0 aliphatic carbocycles. The molecule has 1 N–H and O–H groups in total. The van der Waals surface area contributed by atoms with Crippen LogP contribution in [-0.2, 0) is 10.5 Å². The lowest BCUT2D eigenvalue weighted by molar-refractivity contribution is -0.111. The molecule has 0 atom stereocenters. The second-order valence-electron chi connectivity index (χ2n) is 5.32. The van der Waals surface area contributed by atoms with Crippen LogP contribution in [0.4, 0.5) is 9.52 Å². The van der Waals surface area contributed by atoms with Gasteiger partial charge in [0.2, 0.25) is 11.0 Å². The standard InChI is InChI=1S/C19H16FN3O2S2/c1-25-16-9-5-3-6-13(16)10-11-17(24)21-18-22-23-19(27-18)26-12-14-7-2-4-8-15(14)20/h2-11H,12H2,1H3,(H,21,22,24)/b11-10+. The van der Waals surface area contributed by atoms with Gasteiger partial charge in [-0.15, -0.1) is 10.2 Å². The molecule has 0 saturated heterocycles. The lowest BCUT2D eigenvalue weighted by Crippen LogP contribution is -2.07. The van der Waals surface area contributed by atoms with E-state index in [4.69, 9.17) is 4.74 Å². The summed E-state index contributed by atoms with van der Waals surface area (Å²) in [6, 6.07) is 14.0. The molecule has 1 heterocycles. The number of nitrogens with one attached hydrogen (secondary N) is 1. The van der Waals surface area contributed by atoms with Gasteiger partial charge in [-0.25, -0.2) is 4.39 Å². The molecule has 0 aliphatic rings. The van der Waals surface area contributed by atoms with E-state index in [-0.39, 0.29) is 11.7 Å². The van der Waals surface area contributed by atoms with Gasteiger partial charge in [0, 0.05) is 17.4 Å². The summed E-state index contributed by atoms with van der Waals surface area (Å²) in [6.07, 6.45) is 3.08. The molecule has 0 unspecified atom stereocenters. The molecule has 0 fully saturated rings. The predicted octanol–water partition coefficient (Wildman–Crippen LogP) is 4.63. The minimum absolute atomic E-state index is 0.246. The highest BCUT2D eigenvalue weighted by Crippen LogP contribution is 2.29. The zero-order valence-electron chi connectivity index (χ0n) is 14.4. The van der Waals surface area contributed by atoms with Gasteiger partial charge >= 0.3 is 0 Å². The van der Waals surface area contributed by atoms with E-state index in [0.29, 0.717) is 26.5 Å². The highest BCUT2D eigenvalue weighted by atomic mass is 32.2. The molecule has 138 valence electrons. The fourth-order valence-electron chi connectivity index (χ4n) is 2.19. The van der Waals surface area contributed by atoms with E-state index >= 15 is 0 Å². The summed E-state index contributed by atoms with van der Waals surface area (Å²) in [7, 11) is 1.58. The first kappa shape index (κ1) is 19.1. The van der Waals surface area contributed by atoms with Gasteiger partial charge in [-0.3, -0.25) is 10.1 Å². The third-order valence-electron chi connectivity index (χ3n) is 3.50. The number of anilines is 1. The topological polar surface area (TPSA) is 64.1 Å². The quantitative estimate of drug-likeness (QED) is 0.355. The van der Waals surface area contributed by atoms with Crippen LogP contribution in [0.25, 0.3) is 6.08 Å². The molecule has 0 spiro atoms. The lowest BCUT2D eigenvalue weighted by Gasteiger charge is -2.03. The summed E-state index contributed by atoms with van der Waals surface area (Å²) >= 11 is 2.61. The van der Waals surface area contributed by atoms with Crippen molar-refractivity contribution in [2.24, 2.45) is 0 Å². The Kier molecular flexibility index (Phi) is 6.56. The van der Waals surface area contributed by atoms with Crippen LogP contribution < -0.4 is 10.1 Å². The molecule has 0 aliphatic heterocycles. The number of thioether (sulfide) groups is 1. The van der Waals surface area contributed by atoms with Crippen molar-refractivity contribution in [1.82, 2.24) is 10.2 Å². The summed E-state index contributed by atoms with van der Waals surface area (Å²) in [6.45, 7) is 0. The van der Waals surface area contributed by atoms with Gasteiger partial charge in [0.1, 0.15) is 11.6 Å². The van der Waals surface area contributed by atoms with Crippen LogP contribution in [0.5, 0.6) is 5.75 Å². The fraction of sp³-hybridized carbons (Fsp3) is 0.105. The fourth-order valence-corrected chi connectivity index (χ4v) is 3.93. The molecule has 2 aromatic carbocycles. The molecule has 1 aromatic heterocycles. The van der Waals surface area contributed by atoms with E-state index in [0.717, 1.165) is 5.56 Å². The Balaban J connectivity index is 1.56.